The van der Waals surface area contributed by atoms with Crippen molar-refractivity contribution >= 4 is 33.4 Å². The second-order valence-electron chi connectivity index (χ2n) is 5.68. The number of fused-ring (bicyclic) bond motifs is 1. The van der Waals surface area contributed by atoms with E-state index in [0.29, 0.717) is 17.1 Å². The van der Waals surface area contributed by atoms with E-state index >= 15 is 0 Å². The Morgan fingerprint density at radius 2 is 2.12 bits per heavy atom. The summed E-state index contributed by atoms with van der Waals surface area (Å²) < 4.78 is 12.7. The van der Waals surface area contributed by atoms with Gasteiger partial charge in [-0.3, -0.25) is 9.59 Å². The Balaban J connectivity index is 2.10. The first-order chi connectivity index (χ1) is 12.5. The molecule has 0 spiro atoms. The van der Waals surface area contributed by atoms with E-state index in [9.17, 15) is 9.59 Å². The molecule has 2 heterocycles. The van der Waals surface area contributed by atoms with Gasteiger partial charge in [-0.15, -0.1) is 0 Å². The highest BCUT2D eigenvalue weighted by Crippen LogP contribution is 2.20. The minimum absolute atomic E-state index is 0.0130. The summed E-state index contributed by atoms with van der Waals surface area (Å²) in [5.74, 6) is -0.849. The number of aromatic nitrogens is 2. The molecule has 0 bridgehead atoms. The maximum atomic E-state index is 12.4. The molecule has 3 aromatic rings. The number of ether oxygens (including phenoxy) is 1. The molecule has 0 atom stereocenters. The van der Waals surface area contributed by atoms with Crippen molar-refractivity contribution in [2.45, 2.75) is 33.7 Å². The molecule has 0 unspecified atom stereocenters. The van der Waals surface area contributed by atoms with Crippen molar-refractivity contribution in [1.82, 2.24) is 9.72 Å². The minimum Gasteiger partial charge on any atom is -0.465 e. The molecule has 26 heavy (non-hydrogen) atoms. The zero-order chi connectivity index (χ0) is 18.7. The largest absolute Gasteiger partial charge is 0.465 e. The molecule has 0 fully saturated rings. The number of carbonyl (C=O) groups is 2. The Hall–Kier alpha value is -2.74. The van der Waals surface area contributed by atoms with Crippen molar-refractivity contribution < 1.29 is 18.8 Å². The molecule has 0 aliphatic rings. The van der Waals surface area contributed by atoms with Crippen molar-refractivity contribution in [3.8, 4) is 0 Å². The van der Waals surface area contributed by atoms with Crippen molar-refractivity contribution in [3.63, 3.8) is 0 Å². The van der Waals surface area contributed by atoms with Crippen LogP contribution in [0.3, 0.4) is 0 Å². The van der Waals surface area contributed by atoms with Gasteiger partial charge in [0, 0.05) is 6.07 Å². The van der Waals surface area contributed by atoms with Gasteiger partial charge in [0.15, 0.2) is 4.80 Å². The molecule has 0 saturated carbocycles. The third-order valence-electron chi connectivity index (χ3n) is 3.78. The van der Waals surface area contributed by atoms with Crippen LogP contribution in [0.2, 0.25) is 0 Å². The van der Waals surface area contributed by atoms with Crippen molar-refractivity contribution in [2.75, 3.05) is 6.61 Å². The molecule has 136 valence electrons. The molecular weight excluding hydrogens is 354 g/mol. The number of nitrogens with zero attached hydrogens (tertiary/aromatic N) is 3. The van der Waals surface area contributed by atoms with Gasteiger partial charge in [-0.05, 0) is 38.0 Å². The van der Waals surface area contributed by atoms with Crippen LogP contribution < -0.4 is 4.80 Å². The summed E-state index contributed by atoms with van der Waals surface area (Å²) in [6, 6.07) is 7.52. The van der Waals surface area contributed by atoms with E-state index in [1.807, 2.05) is 18.2 Å². The van der Waals surface area contributed by atoms with Crippen molar-refractivity contribution in [2.24, 2.45) is 4.99 Å². The fourth-order valence-electron chi connectivity index (χ4n) is 2.52. The van der Waals surface area contributed by atoms with E-state index in [-0.39, 0.29) is 18.3 Å². The fraction of sp³-hybridized carbons (Fsp3) is 0.333. The first-order valence-electron chi connectivity index (χ1n) is 8.32. The maximum absolute atomic E-state index is 12.4. The number of hydrogen-bond acceptors (Lipinski definition) is 6. The first-order valence-corrected chi connectivity index (χ1v) is 9.13. The Morgan fingerprint density at radius 1 is 1.31 bits per heavy atom. The van der Waals surface area contributed by atoms with Crippen molar-refractivity contribution in [3.05, 3.63) is 46.1 Å². The van der Waals surface area contributed by atoms with Gasteiger partial charge in [0.25, 0.3) is 0 Å². The van der Waals surface area contributed by atoms with E-state index in [0.717, 1.165) is 16.6 Å². The topological polar surface area (TPSA) is 86.7 Å². The third kappa shape index (κ3) is 3.75. The van der Waals surface area contributed by atoms with E-state index in [4.69, 9.17) is 9.26 Å². The molecule has 0 aliphatic heterocycles. The standard InChI is InChI=1S/C18H19N3O4S/c1-4-12-6-7-13-15(9-12)26-18(21(13)10-16(22)24-5-2)19-17(23)14-8-11(3)20-25-14/h6-9H,4-5,10H2,1-3H3. The van der Waals surface area contributed by atoms with Gasteiger partial charge in [-0.1, -0.05) is 29.5 Å². The van der Waals surface area contributed by atoms with Crippen LogP contribution in [-0.2, 0) is 22.5 Å². The minimum atomic E-state index is -0.537. The lowest BCUT2D eigenvalue weighted by Crippen LogP contribution is -2.23. The van der Waals surface area contributed by atoms with Gasteiger partial charge in [-0.2, -0.15) is 4.99 Å². The second-order valence-corrected chi connectivity index (χ2v) is 6.69. The quantitative estimate of drug-likeness (QED) is 0.642. The molecule has 7 nitrogen and oxygen atoms in total. The summed E-state index contributed by atoms with van der Waals surface area (Å²) in [7, 11) is 0. The number of benzene rings is 1. The second kappa shape index (κ2) is 7.65. The van der Waals surface area contributed by atoms with E-state index in [2.05, 4.69) is 17.1 Å². The van der Waals surface area contributed by atoms with Gasteiger partial charge in [0.05, 0.1) is 22.5 Å². The van der Waals surface area contributed by atoms with Crippen LogP contribution in [0, 0.1) is 6.92 Å². The number of carbonyl (C=O) groups excluding carboxylic acids is 2. The first kappa shape index (κ1) is 18.1. The molecule has 2 aromatic heterocycles. The Morgan fingerprint density at radius 3 is 2.77 bits per heavy atom. The molecule has 0 saturated heterocycles. The Bertz CT molecular complexity index is 1030. The van der Waals surface area contributed by atoms with E-state index < -0.39 is 5.91 Å². The number of amides is 1. The summed E-state index contributed by atoms with van der Waals surface area (Å²) in [5, 5.41) is 3.71. The van der Waals surface area contributed by atoms with Crippen LogP contribution in [0.15, 0.2) is 33.8 Å². The number of thiazole rings is 1. The Labute approximate surface area is 153 Å². The molecule has 0 radical (unpaired) electrons. The predicted molar refractivity (Wildman–Crippen MR) is 97.0 cm³/mol. The fourth-order valence-corrected chi connectivity index (χ4v) is 3.61. The van der Waals surface area contributed by atoms with Gasteiger partial charge in [0.2, 0.25) is 5.76 Å². The highest BCUT2D eigenvalue weighted by atomic mass is 32.1. The van der Waals surface area contributed by atoms with Crippen LogP contribution in [-0.4, -0.2) is 28.2 Å². The summed E-state index contributed by atoms with van der Waals surface area (Å²) in [6.45, 7) is 5.84. The number of esters is 1. The maximum Gasteiger partial charge on any atom is 0.326 e. The van der Waals surface area contributed by atoms with Gasteiger partial charge >= 0.3 is 11.9 Å². The highest BCUT2D eigenvalue weighted by Gasteiger charge is 2.15. The summed E-state index contributed by atoms with van der Waals surface area (Å²) >= 11 is 1.35. The SMILES string of the molecule is CCOC(=O)Cn1c(=NC(=O)c2cc(C)no2)sc2cc(CC)ccc21. The predicted octanol–water partition coefficient (Wildman–Crippen LogP) is 2.87. The van der Waals surface area contributed by atoms with Gasteiger partial charge in [-0.25, -0.2) is 0 Å². The lowest BCUT2D eigenvalue weighted by Gasteiger charge is -2.05. The van der Waals surface area contributed by atoms with Crippen LogP contribution in [0.5, 0.6) is 0 Å². The van der Waals surface area contributed by atoms with Gasteiger partial charge in [0.1, 0.15) is 6.54 Å². The lowest BCUT2D eigenvalue weighted by molar-refractivity contribution is -0.143. The van der Waals surface area contributed by atoms with Crippen LogP contribution >= 0.6 is 11.3 Å². The zero-order valence-corrected chi connectivity index (χ0v) is 15.6. The van der Waals surface area contributed by atoms with Crippen molar-refractivity contribution in [1.29, 1.82) is 0 Å². The molecular formula is C18H19N3O4S. The van der Waals surface area contributed by atoms with Gasteiger partial charge < -0.3 is 13.8 Å². The third-order valence-corrected chi connectivity index (χ3v) is 4.83. The van der Waals surface area contributed by atoms with Crippen LogP contribution in [0.4, 0.5) is 0 Å². The normalized spacial score (nSPS) is 11.9. The number of rotatable bonds is 5. The van der Waals surface area contributed by atoms with Crippen LogP contribution in [0.1, 0.15) is 35.7 Å². The van der Waals surface area contributed by atoms with E-state index in [1.54, 1.807) is 18.4 Å². The zero-order valence-electron chi connectivity index (χ0n) is 14.8. The summed E-state index contributed by atoms with van der Waals surface area (Å²) in [6.07, 6.45) is 0.897. The molecule has 0 aliphatic carbocycles. The smallest absolute Gasteiger partial charge is 0.326 e. The Kier molecular flexibility index (Phi) is 5.32. The molecule has 0 N–H and O–H groups in total. The lowest BCUT2D eigenvalue weighted by atomic mass is 10.2. The van der Waals surface area contributed by atoms with Crippen LogP contribution in [0.25, 0.3) is 10.2 Å². The summed E-state index contributed by atoms with van der Waals surface area (Å²) in [4.78, 5) is 28.9. The highest BCUT2D eigenvalue weighted by molar-refractivity contribution is 7.16. The average molecular weight is 373 g/mol. The van der Waals surface area contributed by atoms with E-state index in [1.165, 1.54) is 23.0 Å². The molecule has 3 rings (SSSR count). The number of hydrogen-bond donors (Lipinski definition) is 0. The average Bonchev–Trinajstić information content (AvgIpc) is 3.19. The molecule has 8 heteroatoms. The number of aryl methyl sites for hydroxylation is 2. The molecule has 1 amide bonds. The monoisotopic (exact) mass is 373 g/mol. The molecule has 1 aromatic carbocycles. The summed E-state index contributed by atoms with van der Waals surface area (Å²) in [5.41, 5.74) is 2.61.